The topological polar surface area (TPSA) is 60.4 Å². The molecule has 0 aliphatic carbocycles. The summed E-state index contributed by atoms with van der Waals surface area (Å²) in [5.41, 5.74) is 0.184. The molecule has 0 radical (unpaired) electrons. The van der Waals surface area contributed by atoms with Crippen molar-refractivity contribution in [3.63, 3.8) is 0 Å². The molecular formula is C23H44IN5O2. The van der Waals surface area contributed by atoms with E-state index in [1.807, 2.05) is 6.92 Å². The molecule has 0 aromatic rings. The minimum absolute atomic E-state index is 0. The smallest absolute Gasteiger partial charge is 0.310 e. The van der Waals surface area contributed by atoms with E-state index in [1.165, 1.54) is 45.2 Å². The van der Waals surface area contributed by atoms with E-state index in [9.17, 15) is 4.79 Å². The Kier molecular flexibility index (Phi) is 11.3. The van der Waals surface area contributed by atoms with Crippen LogP contribution in [0.5, 0.6) is 0 Å². The van der Waals surface area contributed by atoms with E-state index in [2.05, 4.69) is 34.0 Å². The summed E-state index contributed by atoms with van der Waals surface area (Å²) < 4.78 is 5.29. The molecular weight excluding hydrogens is 505 g/mol. The fraction of sp³-hybridized carbons (Fsp3) is 0.913. The summed E-state index contributed by atoms with van der Waals surface area (Å²) in [6.45, 7) is 12.6. The summed E-state index contributed by atoms with van der Waals surface area (Å²) in [6.07, 6.45) is 8.30. The number of halogens is 1. The molecule has 31 heavy (non-hydrogen) atoms. The largest absolute Gasteiger partial charge is 0.466 e. The van der Waals surface area contributed by atoms with Crippen molar-refractivity contribution < 1.29 is 9.53 Å². The molecule has 3 aliphatic rings. The molecule has 0 spiro atoms. The summed E-state index contributed by atoms with van der Waals surface area (Å²) in [4.78, 5) is 25.0. The van der Waals surface area contributed by atoms with Gasteiger partial charge in [0, 0.05) is 25.2 Å². The van der Waals surface area contributed by atoms with Crippen LogP contribution in [0.3, 0.4) is 0 Å². The first-order valence-corrected chi connectivity index (χ1v) is 12.2. The maximum Gasteiger partial charge on any atom is 0.310 e. The van der Waals surface area contributed by atoms with Crippen LogP contribution in [0.25, 0.3) is 0 Å². The van der Waals surface area contributed by atoms with Gasteiger partial charge in [0.25, 0.3) is 0 Å². The van der Waals surface area contributed by atoms with Crippen molar-refractivity contribution in [3.8, 4) is 0 Å². The van der Waals surface area contributed by atoms with Crippen LogP contribution in [-0.4, -0.2) is 98.2 Å². The van der Waals surface area contributed by atoms with Gasteiger partial charge in [-0.15, -0.1) is 24.0 Å². The van der Waals surface area contributed by atoms with E-state index < -0.39 is 0 Å². The first-order chi connectivity index (χ1) is 14.6. The Bertz CT molecular complexity index is 574. The van der Waals surface area contributed by atoms with E-state index in [1.54, 1.807) is 0 Å². The Morgan fingerprint density at radius 3 is 2.42 bits per heavy atom. The number of carbonyl (C=O) groups excluding carboxylic acids is 1. The molecule has 1 atom stereocenters. The summed E-state index contributed by atoms with van der Waals surface area (Å²) in [5.74, 6) is 0.877. The van der Waals surface area contributed by atoms with Crippen LogP contribution in [0.15, 0.2) is 4.99 Å². The molecule has 3 aliphatic heterocycles. The van der Waals surface area contributed by atoms with E-state index >= 15 is 0 Å². The van der Waals surface area contributed by atoms with Gasteiger partial charge in [-0.2, -0.15) is 0 Å². The summed E-state index contributed by atoms with van der Waals surface area (Å²) >= 11 is 0. The quantitative estimate of drug-likeness (QED) is 0.238. The van der Waals surface area contributed by atoms with Crippen LogP contribution in [0.2, 0.25) is 0 Å². The number of piperidine rings is 3. The second-order valence-corrected chi connectivity index (χ2v) is 9.28. The molecule has 1 unspecified atom stereocenters. The zero-order valence-electron chi connectivity index (χ0n) is 19.9. The highest BCUT2D eigenvalue weighted by molar-refractivity contribution is 14.0. The van der Waals surface area contributed by atoms with Crippen LogP contribution < -0.4 is 5.32 Å². The average Bonchev–Trinajstić information content (AvgIpc) is 2.79. The number of nitrogens with zero attached hydrogens (tertiary/aromatic N) is 4. The Morgan fingerprint density at radius 1 is 1.06 bits per heavy atom. The third-order valence-electron chi connectivity index (χ3n) is 7.14. The van der Waals surface area contributed by atoms with Gasteiger partial charge in [0.05, 0.1) is 19.1 Å². The minimum Gasteiger partial charge on any atom is -0.466 e. The monoisotopic (exact) mass is 549 g/mol. The SMILES string of the molecule is CCNC(=NCC1(N2CCCCC2)CCN(C)CC1)N1CCCC(C(=O)OCC)C1.I. The fourth-order valence-corrected chi connectivity index (χ4v) is 5.25. The van der Waals surface area contributed by atoms with Crippen LogP contribution >= 0.6 is 24.0 Å². The Balaban J connectivity index is 0.00000341. The highest BCUT2D eigenvalue weighted by Gasteiger charge is 2.40. The van der Waals surface area contributed by atoms with Crippen molar-refractivity contribution in [2.75, 3.05) is 66.0 Å². The Morgan fingerprint density at radius 2 is 1.77 bits per heavy atom. The van der Waals surface area contributed by atoms with Gasteiger partial charge in [0.15, 0.2) is 5.96 Å². The van der Waals surface area contributed by atoms with E-state index in [0.717, 1.165) is 51.5 Å². The van der Waals surface area contributed by atoms with E-state index in [4.69, 9.17) is 9.73 Å². The van der Waals surface area contributed by atoms with Crippen LogP contribution in [0.1, 0.15) is 58.8 Å². The van der Waals surface area contributed by atoms with Crippen molar-refractivity contribution >= 4 is 35.9 Å². The molecule has 0 bridgehead atoms. The predicted molar refractivity (Wildman–Crippen MR) is 137 cm³/mol. The highest BCUT2D eigenvalue weighted by Crippen LogP contribution is 2.32. The van der Waals surface area contributed by atoms with E-state index in [0.29, 0.717) is 13.2 Å². The molecule has 1 N–H and O–H groups in total. The molecule has 0 amide bonds. The number of esters is 1. The molecule has 7 nitrogen and oxygen atoms in total. The predicted octanol–water partition coefficient (Wildman–Crippen LogP) is 2.80. The zero-order valence-corrected chi connectivity index (χ0v) is 22.2. The van der Waals surface area contributed by atoms with Gasteiger partial charge in [0.1, 0.15) is 0 Å². The lowest BCUT2D eigenvalue weighted by Gasteiger charge is -2.49. The summed E-state index contributed by atoms with van der Waals surface area (Å²) in [7, 11) is 2.23. The zero-order chi connectivity index (χ0) is 21.4. The summed E-state index contributed by atoms with van der Waals surface area (Å²) in [5, 5.41) is 3.51. The van der Waals surface area contributed by atoms with Gasteiger partial charge in [0.2, 0.25) is 0 Å². The van der Waals surface area contributed by atoms with Crippen LogP contribution in [0.4, 0.5) is 0 Å². The number of rotatable bonds is 6. The highest BCUT2D eigenvalue weighted by atomic mass is 127. The number of nitrogens with one attached hydrogen (secondary N) is 1. The van der Waals surface area contributed by atoms with Crippen LogP contribution in [0, 0.1) is 5.92 Å². The number of hydrogen-bond donors (Lipinski definition) is 1. The van der Waals surface area contributed by atoms with Crippen LogP contribution in [-0.2, 0) is 9.53 Å². The molecule has 180 valence electrons. The van der Waals surface area contributed by atoms with Gasteiger partial charge in [-0.05, 0) is 85.6 Å². The first kappa shape index (κ1) is 26.6. The van der Waals surface area contributed by atoms with Crippen molar-refractivity contribution in [2.45, 2.75) is 64.3 Å². The second-order valence-electron chi connectivity index (χ2n) is 9.28. The second kappa shape index (κ2) is 13.2. The molecule has 3 saturated heterocycles. The molecule has 3 fully saturated rings. The third-order valence-corrected chi connectivity index (χ3v) is 7.14. The average molecular weight is 550 g/mol. The number of ether oxygens (including phenoxy) is 1. The van der Waals surface area contributed by atoms with Gasteiger partial charge >= 0.3 is 5.97 Å². The van der Waals surface area contributed by atoms with Gasteiger partial charge in [-0.3, -0.25) is 14.7 Å². The normalized spacial score (nSPS) is 25.6. The number of likely N-dealkylation sites (tertiary alicyclic amines) is 3. The van der Waals surface area contributed by atoms with Gasteiger partial charge < -0.3 is 19.9 Å². The van der Waals surface area contributed by atoms with Crippen molar-refractivity contribution in [2.24, 2.45) is 10.9 Å². The van der Waals surface area contributed by atoms with E-state index in [-0.39, 0.29) is 41.4 Å². The van der Waals surface area contributed by atoms with Crippen molar-refractivity contribution in [1.29, 1.82) is 0 Å². The lowest BCUT2D eigenvalue weighted by atomic mass is 9.84. The van der Waals surface area contributed by atoms with Gasteiger partial charge in [-0.1, -0.05) is 6.42 Å². The van der Waals surface area contributed by atoms with Gasteiger partial charge in [-0.25, -0.2) is 0 Å². The number of carbonyl (C=O) groups is 1. The Labute approximate surface area is 206 Å². The number of aliphatic imine (C=N–C) groups is 1. The first-order valence-electron chi connectivity index (χ1n) is 12.2. The molecule has 0 saturated carbocycles. The fourth-order valence-electron chi connectivity index (χ4n) is 5.25. The van der Waals surface area contributed by atoms with Crippen molar-refractivity contribution in [3.05, 3.63) is 0 Å². The molecule has 8 heteroatoms. The standard InChI is InChI=1S/C23H43N5O2.HI/c1-4-24-22(27-13-9-10-20(18-27)21(29)30-5-2)25-19-23(11-16-26(3)17-12-23)28-14-7-6-8-15-28;/h20H,4-19H2,1-3H3,(H,24,25);1H. The Hall–Kier alpha value is -0.610. The maximum atomic E-state index is 12.3. The summed E-state index contributed by atoms with van der Waals surface area (Å²) in [6, 6.07) is 0. The minimum atomic E-state index is -0.0573. The molecule has 0 aromatic carbocycles. The van der Waals surface area contributed by atoms with Crippen molar-refractivity contribution in [1.82, 2.24) is 20.0 Å². The third kappa shape index (κ3) is 7.19. The molecule has 3 heterocycles. The number of hydrogen-bond acceptors (Lipinski definition) is 5. The lowest BCUT2D eigenvalue weighted by Crippen LogP contribution is -2.58. The molecule has 0 aromatic heterocycles. The molecule has 3 rings (SSSR count). The lowest BCUT2D eigenvalue weighted by molar-refractivity contribution is -0.149. The number of guanidine groups is 1. The maximum absolute atomic E-state index is 12.3.